The van der Waals surface area contributed by atoms with E-state index in [0.29, 0.717) is 18.0 Å². The Hall–Kier alpha value is -2.95. The van der Waals surface area contributed by atoms with Crippen molar-refractivity contribution in [3.05, 3.63) is 59.7 Å². The number of amides is 1. The number of methoxy groups -OCH3 is 2. The summed E-state index contributed by atoms with van der Waals surface area (Å²) in [7, 11) is 3.21. The maximum absolute atomic E-state index is 12.0. The highest BCUT2D eigenvalue weighted by molar-refractivity contribution is 5.91. The highest BCUT2D eigenvalue weighted by atomic mass is 16.5. The summed E-state index contributed by atoms with van der Waals surface area (Å²) in [6.07, 6.45) is 3.30. The van der Waals surface area contributed by atoms with Crippen molar-refractivity contribution in [2.75, 3.05) is 14.2 Å². The molecule has 0 aromatic heterocycles. The smallest absolute Gasteiger partial charge is 0.244 e. The molecule has 0 saturated heterocycles. The first-order chi connectivity index (χ1) is 12.5. The van der Waals surface area contributed by atoms with Crippen molar-refractivity contribution in [1.82, 2.24) is 5.32 Å². The van der Waals surface area contributed by atoms with E-state index in [-0.39, 0.29) is 12.0 Å². The minimum absolute atomic E-state index is 0.0627. The number of hydrogen-bond donors (Lipinski definition) is 1. The van der Waals surface area contributed by atoms with Crippen LogP contribution >= 0.6 is 0 Å². The molecule has 0 unspecified atom stereocenters. The molecule has 0 bridgehead atoms. The summed E-state index contributed by atoms with van der Waals surface area (Å²) in [6.45, 7) is 4.35. The van der Waals surface area contributed by atoms with Crippen LogP contribution in [0.25, 0.3) is 6.08 Å². The van der Waals surface area contributed by atoms with E-state index >= 15 is 0 Å². The molecule has 1 amide bonds. The SMILES string of the molecule is COc1cccc(CNC(=O)/C=C/c2ccc(OC(C)C)c(OC)c2)c1. The number of carbonyl (C=O) groups is 1. The van der Waals surface area contributed by atoms with Crippen LogP contribution in [0.15, 0.2) is 48.5 Å². The van der Waals surface area contributed by atoms with Gasteiger partial charge >= 0.3 is 0 Å². The molecule has 0 saturated carbocycles. The van der Waals surface area contributed by atoms with Crippen molar-refractivity contribution in [2.45, 2.75) is 26.5 Å². The highest BCUT2D eigenvalue weighted by Gasteiger charge is 2.06. The molecule has 138 valence electrons. The monoisotopic (exact) mass is 355 g/mol. The van der Waals surface area contributed by atoms with E-state index in [1.165, 1.54) is 6.08 Å². The predicted octanol–water partition coefficient (Wildman–Crippen LogP) is 3.82. The molecule has 2 aromatic carbocycles. The normalized spacial score (nSPS) is 10.8. The molecule has 2 rings (SSSR count). The Morgan fingerprint density at radius 3 is 2.58 bits per heavy atom. The van der Waals surface area contributed by atoms with Gasteiger partial charge in [-0.15, -0.1) is 0 Å². The molecule has 5 nitrogen and oxygen atoms in total. The van der Waals surface area contributed by atoms with Gasteiger partial charge in [0.15, 0.2) is 11.5 Å². The molecule has 0 spiro atoms. The summed E-state index contributed by atoms with van der Waals surface area (Å²) in [5.74, 6) is 1.91. The fraction of sp³-hybridized carbons (Fsp3) is 0.286. The Morgan fingerprint density at radius 2 is 1.88 bits per heavy atom. The molecule has 0 radical (unpaired) electrons. The molecule has 26 heavy (non-hydrogen) atoms. The van der Waals surface area contributed by atoms with E-state index in [1.54, 1.807) is 20.3 Å². The van der Waals surface area contributed by atoms with Crippen molar-refractivity contribution < 1.29 is 19.0 Å². The Kier molecular flexibility index (Phi) is 7.09. The van der Waals surface area contributed by atoms with Crippen LogP contribution in [0, 0.1) is 0 Å². The van der Waals surface area contributed by atoms with Gasteiger partial charge in [-0.25, -0.2) is 0 Å². The van der Waals surface area contributed by atoms with Crippen LogP contribution in [0.1, 0.15) is 25.0 Å². The van der Waals surface area contributed by atoms with Gasteiger partial charge < -0.3 is 19.5 Å². The molecule has 0 atom stereocenters. The van der Waals surface area contributed by atoms with Crippen molar-refractivity contribution in [1.29, 1.82) is 0 Å². The Morgan fingerprint density at radius 1 is 1.08 bits per heavy atom. The zero-order valence-corrected chi connectivity index (χ0v) is 15.6. The molecule has 0 aliphatic rings. The fourth-order valence-corrected chi connectivity index (χ4v) is 2.34. The van der Waals surface area contributed by atoms with Gasteiger partial charge in [-0.1, -0.05) is 18.2 Å². The van der Waals surface area contributed by atoms with Crippen molar-refractivity contribution in [2.24, 2.45) is 0 Å². The zero-order valence-electron chi connectivity index (χ0n) is 15.6. The van der Waals surface area contributed by atoms with Crippen LogP contribution in [-0.4, -0.2) is 26.2 Å². The first-order valence-corrected chi connectivity index (χ1v) is 8.45. The Balaban J connectivity index is 1.96. The number of ether oxygens (including phenoxy) is 3. The Labute approximate surface area is 154 Å². The number of hydrogen-bond acceptors (Lipinski definition) is 4. The van der Waals surface area contributed by atoms with E-state index in [0.717, 1.165) is 16.9 Å². The van der Waals surface area contributed by atoms with Crippen molar-refractivity contribution >= 4 is 12.0 Å². The molecule has 0 aliphatic carbocycles. The van der Waals surface area contributed by atoms with E-state index in [9.17, 15) is 4.79 Å². The predicted molar refractivity (Wildman–Crippen MR) is 103 cm³/mol. The van der Waals surface area contributed by atoms with Crippen LogP contribution in [-0.2, 0) is 11.3 Å². The molecular formula is C21H25NO4. The Bertz CT molecular complexity index is 768. The second kappa shape index (κ2) is 9.51. The fourth-order valence-electron chi connectivity index (χ4n) is 2.34. The van der Waals surface area contributed by atoms with Gasteiger partial charge in [0, 0.05) is 12.6 Å². The largest absolute Gasteiger partial charge is 0.497 e. The van der Waals surface area contributed by atoms with Gasteiger partial charge in [-0.05, 0) is 55.3 Å². The number of rotatable bonds is 8. The third-order valence-corrected chi connectivity index (χ3v) is 3.58. The average Bonchev–Trinajstić information content (AvgIpc) is 2.65. The van der Waals surface area contributed by atoms with Gasteiger partial charge in [0.1, 0.15) is 5.75 Å². The van der Waals surface area contributed by atoms with Crippen LogP contribution in [0.3, 0.4) is 0 Å². The third-order valence-electron chi connectivity index (χ3n) is 3.58. The molecule has 2 aromatic rings. The van der Waals surface area contributed by atoms with E-state index in [4.69, 9.17) is 14.2 Å². The lowest BCUT2D eigenvalue weighted by molar-refractivity contribution is -0.116. The number of benzene rings is 2. The van der Waals surface area contributed by atoms with Gasteiger partial charge in [0.25, 0.3) is 0 Å². The average molecular weight is 355 g/mol. The summed E-state index contributed by atoms with van der Waals surface area (Å²) < 4.78 is 16.2. The van der Waals surface area contributed by atoms with Gasteiger partial charge in [0.05, 0.1) is 20.3 Å². The third kappa shape index (κ3) is 5.84. The number of carbonyl (C=O) groups excluding carboxylic acids is 1. The lowest BCUT2D eigenvalue weighted by atomic mass is 10.2. The molecule has 1 N–H and O–H groups in total. The van der Waals surface area contributed by atoms with Gasteiger partial charge in [-0.2, -0.15) is 0 Å². The highest BCUT2D eigenvalue weighted by Crippen LogP contribution is 2.29. The van der Waals surface area contributed by atoms with Crippen molar-refractivity contribution in [3.63, 3.8) is 0 Å². The molecule has 0 fully saturated rings. The summed E-state index contributed by atoms with van der Waals surface area (Å²) >= 11 is 0. The number of nitrogens with one attached hydrogen (secondary N) is 1. The quantitative estimate of drug-likeness (QED) is 0.732. The molecule has 0 heterocycles. The maximum atomic E-state index is 12.0. The topological polar surface area (TPSA) is 56.8 Å². The second-order valence-corrected chi connectivity index (χ2v) is 5.98. The van der Waals surface area contributed by atoms with Crippen LogP contribution < -0.4 is 19.5 Å². The lowest BCUT2D eigenvalue weighted by Gasteiger charge is -2.13. The van der Waals surface area contributed by atoms with Gasteiger partial charge in [-0.3, -0.25) is 4.79 Å². The summed E-state index contributed by atoms with van der Waals surface area (Å²) in [5.41, 5.74) is 1.83. The zero-order chi connectivity index (χ0) is 18.9. The summed E-state index contributed by atoms with van der Waals surface area (Å²) in [6, 6.07) is 13.1. The van der Waals surface area contributed by atoms with E-state index < -0.39 is 0 Å². The van der Waals surface area contributed by atoms with E-state index in [1.807, 2.05) is 56.3 Å². The first-order valence-electron chi connectivity index (χ1n) is 8.45. The lowest BCUT2D eigenvalue weighted by Crippen LogP contribution is -2.20. The van der Waals surface area contributed by atoms with Crippen molar-refractivity contribution in [3.8, 4) is 17.2 Å². The van der Waals surface area contributed by atoms with Crippen LogP contribution in [0.5, 0.6) is 17.2 Å². The van der Waals surface area contributed by atoms with Crippen LogP contribution in [0.4, 0.5) is 0 Å². The maximum Gasteiger partial charge on any atom is 0.244 e. The van der Waals surface area contributed by atoms with E-state index in [2.05, 4.69) is 5.32 Å². The summed E-state index contributed by atoms with van der Waals surface area (Å²) in [4.78, 5) is 12.0. The van der Waals surface area contributed by atoms with Gasteiger partial charge in [0.2, 0.25) is 5.91 Å². The minimum atomic E-state index is -0.172. The summed E-state index contributed by atoms with van der Waals surface area (Å²) in [5, 5.41) is 2.85. The standard InChI is InChI=1S/C21H25NO4/c1-15(2)26-19-10-8-16(13-20(19)25-4)9-11-21(23)22-14-17-6-5-7-18(12-17)24-3/h5-13,15H,14H2,1-4H3,(H,22,23)/b11-9+. The minimum Gasteiger partial charge on any atom is -0.497 e. The molecule has 0 aliphatic heterocycles. The molecule has 5 heteroatoms. The second-order valence-electron chi connectivity index (χ2n) is 5.98. The molecular weight excluding hydrogens is 330 g/mol. The van der Waals surface area contributed by atoms with Crippen LogP contribution in [0.2, 0.25) is 0 Å². The first kappa shape index (κ1) is 19.4.